The molecular formula is C14H20N2O2. The fraction of sp³-hybridized carbons (Fsp3) is 0.571. The summed E-state index contributed by atoms with van der Waals surface area (Å²) in [5, 5.41) is 9.44. The number of rotatable bonds is 2. The molecule has 0 aromatic carbocycles. The van der Waals surface area contributed by atoms with Crippen LogP contribution in [0.3, 0.4) is 0 Å². The van der Waals surface area contributed by atoms with Crippen LogP contribution in [0, 0.1) is 6.92 Å². The second kappa shape index (κ2) is 5.96. The van der Waals surface area contributed by atoms with Gasteiger partial charge in [0.2, 0.25) is 0 Å². The molecule has 2 heterocycles. The lowest BCUT2D eigenvalue weighted by Crippen LogP contribution is -2.42. The summed E-state index contributed by atoms with van der Waals surface area (Å²) in [4.78, 5) is 18.5. The molecular weight excluding hydrogens is 228 g/mol. The standard InChI is InChI=1S/C14H20N2O2/c1-11-13(7-5-8-15-11)14(18)16-9-4-2-3-6-12(16)10-17/h5,7-8,12,17H,2-4,6,9-10H2,1H3. The van der Waals surface area contributed by atoms with Crippen LogP contribution in [0.5, 0.6) is 0 Å². The van der Waals surface area contributed by atoms with E-state index in [2.05, 4.69) is 4.98 Å². The minimum absolute atomic E-state index is 0.00144. The molecule has 4 heteroatoms. The molecule has 98 valence electrons. The molecule has 1 saturated heterocycles. The molecule has 0 aliphatic carbocycles. The first-order valence-electron chi connectivity index (χ1n) is 6.57. The number of aryl methyl sites for hydroxylation is 1. The SMILES string of the molecule is Cc1ncccc1C(=O)N1CCCCCC1CO. The summed E-state index contributed by atoms with van der Waals surface area (Å²) in [7, 11) is 0. The average Bonchev–Trinajstić information content (AvgIpc) is 2.63. The Labute approximate surface area is 108 Å². The first-order chi connectivity index (χ1) is 8.74. The lowest BCUT2D eigenvalue weighted by molar-refractivity contribution is 0.0598. The predicted molar refractivity (Wildman–Crippen MR) is 69.4 cm³/mol. The zero-order valence-electron chi connectivity index (χ0n) is 10.8. The summed E-state index contributed by atoms with van der Waals surface area (Å²) >= 11 is 0. The normalized spacial score (nSPS) is 20.6. The Balaban J connectivity index is 2.23. The van der Waals surface area contributed by atoms with Crippen LogP contribution in [-0.2, 0) is 0 Å². The number of aromatic nitrogens is 1. The van der Waals surface area contributed by atoms with E-state index in [0.29, 0.717) is 5.56 Å². The molecule has 0 bridgehead atoms. The minimum Gasteiger partial charge on any atom is -0.394 e. The van der Waals surface area contributed by atoms with Crippen LogP contribution in [0.15, 0.2) is 18.3 Å². The number of carbonyl (C=O) groups excluding carboxylic acids is 1. The van der Waals surface area contributed by atoms with E-state index in [-0.39, 0.29) is 18.6 Å². The van der Waals surface area contributed by atoms with Crippen LogP contribution in [0.25, 0.3) is 0 Å². The second-order valence-electron chi connectivity index (χ2n) is 4.82. The van der Waals surface area contributed by atoms with E-state index in [1.54, 1.807) is 12.3 Å². The van der Waals surface area contributed by atoms with Gasteiger partial charge in [0.25, 0.3) is 5.91 Å². The number of amides is 1. The number of aliphatic hydroxyl groups excluding tert-OH is 1. The molecule has 1 amide bonds. The third-order valence-corrected chi connectivity index (χ3v) is 3.59. The van der Waals surface area contributed by atoms with Gasteiger partial charge in [0.1, 0.15) is 0 Å². The number of hydrogen-bond acceptors (Lipinski definition) is 3. The largest absolute Gasteiger partial charge is 0.394 e. The fourth-order valence-corrected chi connectivity index (χ4v) is 2.50. The van der Waals surface area contributed by atoms with E-state index >= 15 is 0 Å². The van der Waals surface area contributed by atoms with Crippen molar-refractivity contribution in [1.29, 1.82) is 0 Å². The van der Waals surface area contributed by atoms with Crippen LogP contribution in [0.4, 0.5) is 0 Å². The third kappa shape index (κ3) is 2.70. The Kier molecular flexibility index (Phi) is 4.31. The Morgan fingerprint density at radius 2 is 2.33 bits per heavy atom. The van der Waals surface area contributed by atoms with Crippen molar-refractivity contribution in [2.24, 2.45) is 0 Å². The zero-order chi connectivity index (χ0) is 13.0. The van der Waals surface area contributed by atoms with Crippen molar-refractivity contribution in [2.75, 3.05) is 13.2 Å². The maximum absolute atomic E-state index is 12.5. The van der Waals surface area contributed by atoms with Crippen molar-refractivity contribution in [1.82, 2.24) is 9.88 Å². The highest BCUT2D eigenvalue weighted by Crippen LogP contribution is 2.19. The Hall–Kier alpha value is -1.42. The Morgan fingerprint density at radius 1 is 1.50 bits per heavy atom. The van der Waals surface area contributed by atoms with E-state index in [4.69, 9.17) is 0 Å². The van der Waals surface area contributed by atoms with Crippen molar-refractivity contribution in [2.45, 2.75) is 38.6 Å². The molecule has 1 aromatic heterocycles. The van der Waals surface area contributed by atoms with E-state index in [1.165, 1.54) is 0 Å². The average molecular weight is 248 g/mol. The molecule has 0 spiro atoms. The number of aliphatic hydroxyl groups is 1. The Morgan fingerprint density at radius 3 is 3.06 bits per heavy atom. The van der Waals surface area contributed by atoms with Gasteiger partial charge in [-0.1, -0.05) is 12.8 Å². The van der Waals surface area contributed by atoms with Gasteiger partial charge in [-0.3, -0.25) is 9.78 Å². The zero-order valence-corrected chi connectivity index (χ0v) is 10.8. The summed E-state index contributed by atoms with van der Waals surface area (Å²) in [5.41, 5.74) is 1.40. The molecule has 1 unspecified atom stereocenters. The van der Waals surface area contributed by atoms with Crippen molar-refractivity contribution in [3.8, 4) is 0 Å². The summed E-state index contributed by atoms with van der Waals surface area (Å²) in [6.45, 7) is 2.63. The maximum atomic E-state index is 12.5. The van der Waals surface area contributed by atoms with Gasteiger partial charge in [0, 0.05) is 18.4 Å². The van der Waals surface area contributed by atoms with Gasteiger partial charge >= 0.3 is 0 Å². The molecule has 0 saturated carbocycles. The maximum Gasteiger partial charge on any atom is 0.256 e. The fourth-order valence-electron chi connectivity index (χ4n) is 2.50. The molecule has 0 radical (unpaired) electrons. The quantitative estimate of drug-likeness (QED) is 0.867. The number of nitrogens with zero attached hydrogens (tertiary/aromatic N) is 2. The van der Waals surface area contributed by atoms with Crippen molar-refractivity contribution >= 4 is 5.91 Å². The van der Waals surface area contributed by atoms with Gasteiger partial charge in [-0.05, 0) is 31.9 Å². The minimum atomic E-state index is -0.0420. The van der Waals surface area contributed by atoms with Crippen LogP contribution in [0.2, 0.25) is 0 Å². The van der Waals surface area contributed by atoms with Gasteiger partial charge in [-0.25, -0.2) is 0 Å². The first-order valence-corrected chi connectivity index (χ1v) is 6.57. The number of carbonyl (C=O) groups is 1. The molecule has 1 aliphatic heterocycles. The highest BCUT2D eigenvalue weighted by molar-refractivity contribution is 5.95. The van der Waals surface area contributed by atoms with Gasteiger partial charge in [0.15, 0.2) is 0 Å². The van der Waals surface area contributed by atoms with E-state index < -0.39 is 0 Å². The second-order valence-corrected chi connectivity index (χ2v) is 4.82. The molecule has 1 fully saturated rings. The van der Waals surface area contributed by atoms with Crippen molar-refractivity contribution < 1.29 is 9.90 Å². The van der Waals surface area contributed by atoms with Crippen molar-refractivity contribution in [3.63, 3.8) is 0 Å². The lowest BCUT2D eigenvalue weighted by Gasteiger charge is -2.29. The molecule has 2 rings (SSSR count). The van der Waals surface area contributed by atoms with E-state index in [1.807, 2.05) is 17.9 Å². The topological polar surface area (TPSA) is 53.4 Å². The van der Waals surface area contributed by atoms with Crippen LogP contribution in [-0.4, -0.2) is 40.1 Å². The van der Waals surface area contributed by atoms with E-state index in [0.717, 1.165) is 37.9 Å². The summed E-state index contributed by atoms with van der Waals surface area (Å²) < 4.78 is 0. The molecule has 1 N–H and O–H groups in total. The van der Waals surface area contributed by atoms with E-state index in [9.17, 15) is 9.90 Å². The molecule has 18 heavy (non-hydrogen) atoms. The van der Waals surface area contributed by atoms with Crippen LogP contribution in [0.1, 0.15) is 41.7 Å². The van der Waals surface area contributed by atoms with Crippen molar-refractivity contribution in [3.05, 3.63) is 29.6 Å². The highest BCUT2D eigenvalue weighted by atomic mass is 16.3. The summed E-state index contributed by atoms with van der Waals surface area (Å²) in [5.74, 6) is 0.00144. The smallest absolute Gasteiger partial charge is 0.256 e. The van der Waals surface area contributed by atoms with Crippen LogP contribution < -0.4 is 0 Å². The first kappa shape index (κ1) is 13.0. The van der Waals surface area contributed by atoms with Crippen LogP contribution >= 0.6 is 0 Å². The Bertz CT molecular complexity index is 420. The number of likely N-dealkylation sites (tertiary alicyclic amines) is 1. The van der Waals surface area contributed by atoms with Gasteiger partial charge < -0.3 is 10.0 Å². The number of pyridine rings is 1. The molecule has 1 aromatic rings. The molecule has 1 aliphatic rings. The molecule has 4 nitrogen and oxygen atoms in total. The van der Waals surface area contributed by atoms with Gasteiger partial charge in [0.05, 0.1) is 18.2 Å². The summed E-state index contributed by atoms with van der Waals surface area (Å²) in [6, 6.07) is 3.55. The summed E-state index contributed by atoms with van der Waals surface area (Å²) in [6.07, 6.45) is 5.81. The number of hydrogen-bond donors (Lipinski definition) is 1. The van der Waals surface area contributed by atoms with Gasteiger partial charge in [-0.2, -0.15) is 0 Å². The monoisotopic (exact) mass is 248 g/mol. The third-order valence-electron chi connectivity index (χ3n) is 3.59. The lowest BCUT2D eigenvalue weighted by atomic mass is 10.1. The highest BCUT2D eigenvalue weighted by Gasteiger charge is 2.26. The van der Waals surface area contributed by atoms with Gasteiger partial charge in [-0.15, -0.1) is 0 Å². The predicted octanol–water partition coefficient (Wildman–Crippen LogP) is 1.77. The molecule has 1 atom stereocenters.